The van der Waals surface area contributed by atoms with Crippen molar-refractivity contribution in [2.24, 2.45) is 0 Å². The highest BCUT2D eigenvalue weighted by Crippen LogP contribution is 1.99. The van der Waals surface area contributed by atoms with Crippen molar-refractivity contribution in [2.45, 2.75) is 26.7 Å². The molecule has 2 N–H and O–H groups in total. The van der Waals surface area contributed by atoms with Crippen LogP contribution in [-0.2, 0) is 4.79 Å². The molecule has 0 spiro atoms. The van der Waals surface area contributed by atoms with Crippen LogP contribution in [0.25, 0.3) is 0 Å². The number of hydrogen-bond acceptors (Lipinski definition) is 2. The minimum atomic E-state index is -0.0910. The summed E-state index contributed by atoms with van der Waals surface area (Å²) in [7, 11) is 1.78. The van der Waals surface area contributed by atoms with E-state index < -0.39 is 0 Å². The lowest BCUT2D eigenvalue weighted by Crippen LogP contribution is -2.41. The Hall–Kier alpha value is -0.870. The lowest BCUT2D eigenvalue weighted by atomic mass is 10.2. The van der Waals surface area contributed by atoms with E-state index in [-0.39, 0.29) is 10.6 Å². The molecule has 0 aromatic heterocycles. The summed E-state index contributed by atoms with van der Waals surface area (Å²) in [6.07, 6.45) is 1.78. The minimum Gasteiger partial charge on any atom is -0.352 e. The fraction of sp³-hybridized carbons (Fsp3) is 0.727. The number of unbranched alkanes of at least 4 members (excludes halogenated alkanes) is 1. The highest BCUT2D eigenvalue weighted by atomic mass is 16.5. The third-order valence-corrected chi connectivity index (χ3v) is 2.42. The molecule has 0 aromatic rings. The number of nitrogens with zero attached hydrogens (tertiary/aromatic N) is 1. The quantitative estimate of drug-likeness (QED) is 0.291. The normalized spacial score (nSPS) is 14.4. The van der Waals surface area contributed by atoms with Crippen LogP contribution in [0, 0.1) is 0 Å². The topological polar surface area (TPSA) is 49.3 Å². The van der Waals surface area contributed by atoms with E-state index in [1.54, 1.807) is 14.0 Å². The van der Waals surface area contributed by atoms with Crippen LogP contribution in [0.5, 0.6) is 0 Å². The van der Waals surface area contributed by atoms with Gasteiger partial charge in [-0.05, 0) is 20.3 Å². The van der Waals surface area contributed by atoms with Crippen LogP contribution in [0.3, 0.4) is 0 Å². The summed E-state index contributed by atoms with van der Waals surface area (Å²) in [5, 5.41) is 12.4. The third kappa shape index (κ3) is 7.11. The Morgan fingerprint density at radius 2 is 2.07 bits per heavy atom. The number of hydrogen-bond donors (Lipinski definition) is 2. The molecule has 15 heavy (non-hydrogen) atoms. The van der Waals surface area contributed by atoms with Gasteiger partial charge in [0.05, 0.1) is 7.05 Å². The van der Waals surface area contributed by atoms with Gasteiger partial charge in [0.1, 0.15) is 13.1 Å². The Kier molecular flexibility index (Phi) is 6.20. The van der Waals surface area contributed by atoms with Gasteiger partial charge in [0.2, 0.25) is 5.91 Å². The first-order valence-corrected chi connectivity index (χ1v) is 5.40. The molecule has 4 heteroatoms. The van der Waals surface area contributed by atoms with Gasteiger partial charge in [-0.2, -0.15) is 4.65 Å². The molecule has 0 bridgehead atoms. The summed E-state index contributed by atoms with van der Waals surface area (Å²) in [6.45, 7) is 9.26. The van der Waals surface area contributed by atoms with Gasteiger partial charge in [-0.3, -0.25) is 4.79 Å². The van der Waals surface area contributed by atoms with Gasteiger partial charge >= 0.3 is 0 Å². The minimum absolute atomic E-state index is 0.0500. The maximum absolute atomic E-state index is 11.1. The van der Waals surface area contributed by atoms with E-state index in [9.17, 15) is 10.0 Å². The second-order valence-corrected chi connectivity index (χ2v) is 4.12. The molecule has 0 aromatic carbocycles. The molecule has 1 atom stereocenters. The van der Waals surface area contributed by atoms with Crippen molar-refractivity contribution < 1.29 is 14.6 Å². The zero-order chi connectivity index (χ0) is 11.9. The predicted octanol–water partition coefficient (Wildman–Crippen LogP) is 1.31. The second-order valence-electron chi connectivity index (χ2n) is 4.12. The number of carbonyl (C=O) groups is 1. The molecule has 0 fully saturated rings. The molecule has 0 heterocycles. The Labute approximate surface area is 92.1 Å². The average Bonchev–Trinajstić information content (AvgIpc) is 2.16. The molecule has 1 amide bonds. The number of hydroxylamine groups is 3. The summed E-state index contributed by atoms with van der Waals surface area (Å²) >= 11 is 0. The molecular formula is C11H23N2O2+. The largest absolute Gasteiger partial charge is 0.352 e. The summed E-state index contributed by atoms with van der Waals surface area (Å²) in [6, 6.07) is 0. The van der Waals surface area contributed by atoms with Crippen molar-refractivity contribution in [3.8, 4) is 0 Å². The van der Waals surface area contributed by atoms with Crippen LogP contribution in [0.15, 0.2) is 12.2 Å². The van der Waals surface area contributed by atoms with Crippen LogP contribution < -0.4 is 5.32 Å². The van der Waals surface area contributed by atoms with Crippen LogP contribution >= 0.6 is 0 Å². The molecule has 1 unspecified atom stereocenters. The van der Waals surface area contributed by atoms with Gasteiger partial charge in [0.25, 0.3) is 0 Å². The summed E-state index contributed by atoms with van der Waals surface area (Å²) in [5.41, 5.74) is 0.534. The van der Waals surface area contributed by atoms with Gasteiger partial charge in [0.15, 0.2) is 0 Å². The third-order valence-electron chi connectivity index (χ3n) is 2.42. The molecule has 4 nitrogen and oxygen atoms in total. The van der Waals surface area contributed by atoms with E-state index in [0.29, 0.717) is 18.7 Å². The van der Waals surface area contributed by atoms with Crippen molar-refractivity contribution in [3.05, 3.63) is 12.2 Å². The van der Waals surface area contributed by atoms with Crippen LogP contribution in [0.4, 0.5) is 0 Å². The molecule has 0 aliphatic heterocycles. The standard InChI is InChI=1S/C11H22N2O2/c1-5-13(4,15)9-7-6-8-12-11(14)10(2)3/h15H,2,5-9H2,1,3-4H3/p+1. The van der Waals surface area contributed by atoms with E-state index in [4.69, 9.17) is 0 Å². The summed E-state index contributed by atoms with van der Waals surface area (Å²) in [5.74, 6) is -0.0910. The van der Waals surface area contributed by atoms with Crippen molar-refractivity contribution in [3.63, 3.8) is 0 Å². The van der Waals surface area contributed by atoms with Crippen LogP contribution in [0.2, 0.25) is 0 Å². The molecule has 0 radical (unpaired) electrons. The van der Waals surface area contributed by atoms with E-state index in [0.717, 1.165) is 19.4 Å². The molecular weight excluding hydrogens is 192 g/mol. The zero-order valence-corrected chi connectivity index (χ0v) is 10.0. The van der Waals surface area contributed by atoms with Crippen molar-refractivity contribution in [1.82, 2.24) is 5.32 Å². The highest BCUT2D eigenvalue weighted by Gasteiger charge is 2.14. The highest BCUT2D eigenvalue weighted by molar-refractivity contribution is 5.91. The second kappa shape index (κ2) is 6.58. The summed E-state index contributed by atoms with van der Waals surface area (Å²) in [4.78, 5) is 11.1. The van der Waals surface area contributed by atoms with Gasteiger partial charge in [-0.15, -0.1) is 0 Å². The number of rotatable bonds is 7. The maximum atomic E-state index is 11.1. The zero-order valence-electron chi connectivity index (χ0n) is 10.0. The lowest BCUT2D eigenvalue weighted by molar-refractivity contribution is -1.09. The van der Waals surface area contributed by atoms with E-state index in [1.165, 1.54) is 0 Å². The van der Waals surface area contributed by atoms with E-state index >= 15 is 0 Å². The Morgan fingerprint density at radius 1 is 1.47 bits per heavy atom. The Balaban J connectivity index is 3.48. The lowest BCUT2D eigenvalue weighted by Gasteiger charge is -2.23. The van der Waals surface area contributed by atoms with Crippen LogP contribution in [0.1, 0.15) is 26.7 Å². The average molecular weight is 215 g/mol. The molecule has 0 rings (SSSR count). The monoisotopic (exact) mass is 215 g/mol. The fourth-order valence-electron chi connectivity index (χ4n) is 1.09. The first kappa shape index (κ1) is 14.1. The molecule has 0 aliphatic carbocycles. The van der Waals surface area contributed by atoms with Crippen molar-refractivity contribution in [2.75, 3.05) is 26.7 Å². The van der Waals surface area contributed by atoms with Crippen molar-refractivity contribution in [1.29, 1.82) is 0 Å². The smallest absolute Gasteiger partial charge is 0.246 e. The number of amides is 1. The van der Waals surface area contributed by atoms with E-state index in [1.807, 2.05) is 6.92 Å². The fourth-order valence-corrected chi connectivity index (χ4v) is 1.09. The SMILES string of the molecule is C=C(C)C(=O)NCCCC[N+](C)(O)CC. The van der Waals surface area contributed by atoms with E-state index in [2.05, 4.69) is 11.9 Å². The predicted molar refractivity (Wildman–Crippen MR) is 60.4 cm³/mol. The number of carbonyl (C=O) groups excluding carboxylic acids is 1. The maximum Gasteiger partial charge on any atom is 0.246 e. The molecule has 88 valence electrons. The molecule has 0 aliphatic rings. The molecule has 0 saturated heterocycles. The van der Waals surface area contributed by atoms with Gasteiger partial charge in [0, 0.05) is 18.5 Å². The van der Waals surface area contributed by atoms with Crippen LogP contribution in [-0.4, -0.2) is 42.4 Å². The van der Waals surface area contributed by atoms with Gasteiger partial charge in [-0.1, -0.05) is 6.58 Å². The first-order chi connectivity index (χ1) is 6.89. The van der Waals surface area contributed by atoms with Crippen molar-refractivity contribution >= 4 is 5.91 Å². The number of nitrogens with one attached hydrogen (secondary N) is 1. The van der Waals surface area contributed by atoms with Gasteiger partial charge in [-0.25, -0.2) is 5.21 Å². The van der Waals surface area contributed by atoms with Gasteiger partial charge < -0.3 is 5.32 Å². The Morgan fingerprint density at radius 3 is 2.53 bits per heavy atom. The number of quaternary nitrogens is 1. The molecule has 0 saturated carbocycles. The first-order valence-electron chi connectivity index (χ1n) is 5.40. The summed E-state index contributed by atoms with van der Waals surface area (Å²) < 4.78 is 0.0500. The Bertz CT molecular complexity index is 225.